The number of hydrogen-bond donors (Lipinski definition) is 1. The molecule has 196 valence electrons. The molecule has 3 rings (SSSR count). The van der Waals surface area contributed by atoms with Crippen molar-refractivity contribution in [2.45, 2.75) is 50.9 Å². The standard InChI is InChI=1S/C23H29BCl2N2O8/c1-13(2)7-14(8-16(29)12-27-21(32)17-9-15(25)5-6-18(17)26)24-34-20(31)11-23(36-24,22(33)35-24)10-19(30)28(3)4/h5-6,9,13-14,35H,7-8,10-12H2,1-4H3,(H,27,32)/t14-,23+,24?/m1/s1. The van der Waals surface area contributed by atoms with E-state index in [2.05, 4.69) is 9.97 Å². The van der Waals surface area contributed by atoms with Crippen LogP contribution in [0, 0.1) is 5.92 Å². The molecular formula is C23H29BCl2N2O8. The molecule has 2 aliphatic rings. The molecular weight excluding hydrogens is 514 g/mol. The zero-order valence-corrected chi connectivity index (χ0v) is 22.0. The highest BCUT2D eigenvalue weighted by molar-refractivity contribution is 6.67. The van der Waals surface area contributed by atoms with Crippen LogP contribution in [0.2, 0.25) is 15.9 Å². The molecule has 0 spiro atoms. The summed E-state index contributed by atoms with van der Waals surface area (Å²) in [5.74, 6) is -3.55. The van der Waals surface area contributed by atoms with E-state index in [1.807, 2.05) is 13.8 Å². The molecule has 13 heteroatoms. The average Bonchev–Trinajstić information content (AvgIpc) is 2.98. The summed E-state index contributed by atoms with van der Waals surface area (Å²) in [5.41, 5.74) is -1.62. The fourth-order valence-electron chi connectivity index (χ4n) is 4.51. The number of carboxylic acids is 1. The van der Waals surface area contributed by atoms with Gasteiger partial charge in [-0.1, -0.05) is 43.5 Å². The number of fused-ring (bicyclic) bond motifs is 2. The Morgan fingerprint density at radius 2 is 1.92 bits per heavy atom. The molecule has 1 aromatic rings. The van der Waals surface area contributed by atoms with E-state index in [0.29, 0.717) is 11.4 Å². The van der Waals surface area contributed by atoms with Gasteiger partial charge in [0.2, 0.25) is 11.5 Å². The first-order valence-corrected chi connectivity index (χ1v) is 12.3. The fraction of sp³-hybridized carbons (Fsp3) is 0.522. The number of hydrogen-bond acceptors (Lipinski definition) is 7. The van der Waals surface area contributed by atoms with E-state index in [1.165, 1.54) is 37.2 Å². The Bertz CT molecular complexity index is 1100. The van der Waals surface area contributed by atoms with Gasteiger partial charge in [0, 0.05) is 23.9 Å². The molecule has 36 heavy (non-hydrogen) atoms. The van der Waals surface area contributed by atoms with Gasteiger partial charge in [0.25, 0.3) is 11.9 Å². The van der Waals surface area contributed by atoms with E-state index in [4.69, 9.17) is 32.5 Å². The molecule has 2 bridgehead atoms. The molecule has 2 amide bonds. The number of amides is 2. The third-order valence-electron chi connectivity index (χ3n) is 6.23. The molecule has 10 nitrogen and oxygen atoms in total. The van der Waals surface area contributed by atoms with Crippen molar-refractivity contribution in [3.8, 4) is 0 Å². The fourth-order valence-corrected chi connectivity index (χ4v) is 4.89. The van der Waals surface area contributed by atoms with Crippen LogP contribution in [-0.4, -0.2) is 72.1 Å². The molecule has 0 saturated carbocycles. The van der Waals surface area contributed by atoms with Gasteiger partial charge in [-0.25, -0.2) is 0 Å². The van der Waals surface area contributed by atoms with Crippen LogP contribution in [0.3, 0.4) is 0 Å². The van der Waals surface area contributed by atoms with Crippen LogP contribution in [0.15, 0.2) is 18.2 Å². The maximum absolute atomic E-state index is 12.9. The number of Topliss-reactive ketones (excluding diaryl/α,β-unsaturated/α-hetero) is 1. The van der Waals surface area contributed by atoms with E-state index in [0.717, 1.165) is 0 Å². The smallest absolute Gasteiger partial charge is 0.576 e. The zero-order valence-electron chi connectivity index (χ0n) is 20.5. The van der Waals surface area contributed by atoms with Gasteiger partial charge in [-0.2, -0.15) is 0 Å². The van der Waals surface area contributed by atoms with Crippen molar-refractivity contribution in [1.29, 1.82) is 0 Å². The summed E-state index contributed by atoms with van der Waals surface area (Å²) in [5, 5.41) is 3.01. The van der Waals surface area contributed by atoms with Gasteiger partial charge in [0.05, 0.1) is 30.0 Å². The van der Waals surface area contributed by atoms with Crippen LogP contribution in [0.25, 0.3) is 0 Å². The first-order valence-electron chi connectivity index (χ1n) is 11.6. The Labute approximate surface area is 218 Å². The van der Waals surface area contributed by atoms with Crippen molar-refractivity contribution >= 4 is 59.5 Å². The Morgan fingerprint density at radius 1 is 1.22 bits per heavy atom. The maximum atomic E-state index is 12.9. The number of aliphatic carboxylic acids is 1. The van der Waals surface area contributed by atoms with E-state index >= 15 is 0 Å². The number of carbonyl (C=O) groups excluding carboxylic acids is 4. The van der Waals surface area contributed by atoms with Crippen LogP contribution in [0.1, 0.15) is 49.9 Å². The second-order valence-corrected chi connectivity index (χ2v) is 10.7. The molecule has 0 aromatic heterocycles. The number of carbonyl (C=O) groups is 5. The van der Waals surface area contributed by atoms with Gasteiger partial charge in [0.1, 0.15) is 5.78 Å². The molecule has 3 atom stereocenters. The van der Waals surface area contributed by atoms with Gasteiger partial charge >= 0.3 is 12.7 Å². The van der Waals surface area contributed by atoms with Crippen LogP contribution < -0.4 is 5.32 Å². The molecule has 1 aromatic carbocycles. The molecule has 2 saturated heterocycles. The zero-order chi connectivity index (χ0) is 26.8. The van der Waals surface area contributed by atoms with Gasteiger partial charge in [0.15, 0.2) is 0 Å². The second kappa shape index (κ2) is 10.8. The monoisotopic (exact) mass is 542 g/mol. The first kappa shape index (κ1) is 28.0. The van der Waals surface area contributed by atoms with Gasteiger partial charge in [-0.3, -0.25) is 19.2 Å². The van der Waals surface area contributed by atoms with Crippen molar-refractivity contribution in [1.82, 2.24) is 10.2 Å². The van der Waals surface area contributed by atoms with Crippen molar-refractivity contribution in [3.05, 3.63) is 33.8 Å². The number of halogens is 2. The first-order chi connectivity index (χ1) is 16.8. The Kier molecular flexibility index (Phi) is 8.37. The molecule has 0 radical (unpaired) electrons. The van der Waals surface area contributed by atoms with E-state index in [-0.39, 0.29) is 35.9 Å². The minimum absolute atomic E-state index is 0.0341. The average molecular weight is 543 g/mol. The molecule has 0 aliphatic carbocycles. The number of nitrogens with zero attached hydrogens (tertiary/aromatic N) is 1. The van der Waals surface area contributed by atoms with Gasteiger partial charge in [-0.15, -0.1) is 0 Å². The van der Waals surface area contributed by atoms with Crippen LogP contribution in [-0.2, 0) is 28.5 Å². The normalized spacial score (nSPS) is 23.6. The van der Waals surface area contributed by atoms with Crippen molar-refractivity contribution in [3.63, 3.8) is 0 Å². The second-order valence-electron chi connectivity index (χ2n) is 9.85. The van der Waals surface area contributed by atoms with Crippen molar-refractivity contribution in [2.24, 2.45) is 5.92 Å². The Hall–Kier alpha value is -2.63. The third-order valence-corrected chi connectivity index (χ3v) is 6.79. The maximum Gasteiger partial charge on any atom is 0.576 e. The number of benzene rings is 1. The van der Waals surface area contributed by atoms with Crippen LogP contribution in [0.4, 0.5) is 0 Å². The summed E-state index contributed by atoms with van der Waals surface area (Å²) in [6.07, 6.45) is -0.623. The van der Waals surface area contributed by atoms with Crippen LogP contribution >= 0.6 is 23.2 Å². The highest BCUT2D eigenvalue weighted by atomic mass is 35.5. The SMILES string of the molecule is CC(C)C[C@H](CC(=O)CNC(=O)c1cc(Cl)ccc1Cl)[B-]12OC(=O)C[C@](CC(=O)N(C)C)(O1)C(=O)[OH+]2. The summed E-state index contributed by atoms with van der Waals surface area (Å²) in [6.45, 7) is 0.603. The molecule has 2 N–H and O–H groups in total. The summed E-state index contributed by atoms with van der Waals surface area (Å²) in [6, 6.07) is 4.40. The highest BCUT2D eigenvalue weighted by Gasteiger charge is 2.69. The highest BCUT2D eigenvalue weighted by Crippen LogP contribution is 2.47. The third kappa shape index (κ3) is 6.01. The van der Waals surface area contributed by atoms with E-state index < -0.39 is 54.1 Å². The minimum Gasteiger partial charge on any atom is -0.716 e. The number of nitrogens with one attached hydrogen (secondary N) is 1. The lowest BCUT2D eigenvalue weighted by molar-refractivity contribution is -0.160. The predicted octanol–water partition coefficient (Wildman–Crippen LogP) is 2.29. The summed E-state index contributed by atoms with van der Waals surface area (Å²) in [4.78, 5) is 64.6. The summed E-state index contributed by atoms with van der Waals surface area (Å²) >= 11 is 12.0. The van der Waals surface area contributed by atoms with Crippen molar-refractivity contribution < 1.29 is 37.9 Å². The topological polar surface area (TPSA) is 132 Å². The van der Waals surface area contributed by atoms with Gasteiger partial charge in [-0.05, 0) is 36.4 Å². The minimum atomic E-state index is -2.86. The van der Waals surface area contributed by atoms with Crippen LogP contribution in [0.5, 0.6) is 0 Å². The van der Waals surface area contributed by atoms with Crippen molar-refractivity contribution in [2.75, 3.05) is 20.6 Å². The Morgan fingerprint density at radius 3 is 2.56 bits per heavy atom. The Balaban J connectivity index is 1.77. The molecule has 2 aliphatic heterocycles. The lowest BCUT2D eigenvalue weighted by Gasteiger charge is -2.43. The van der Waals surface area contributed by atoms with Gasteiger partial charge < -0.3 is 24.2 Å². The van der Waals surface area contributed by atoms with E-state index in [9.17, 15) is 24.0 Å². The van der Waals surface area contributed by atoms with E-state index in [1.54, 1.807) is 0 Å². The predicted molar refractivity (Wildman–Crippen MR) is 132 cm³/mol. The number of rotatable bonds is 10. The molecule has 2 fully saturated rings. The largest absolute Gasteiger partial charge is 0.716 e. The molecule has 2 heterocycles. The molecule has 1 unspecified atom stereocenters. The quantitative estimate of drug-likeness (QED) is 0.354. The summed E-state index contributed by atoms with van der Waals surface area (Å²) in [7, 11) is 3.06. The lowest BCUT2D eigenvalue weighted by Crippen LogP contribution is -2.57. The summed E-state index contributed by atoms with van der Waals surface area (Å²) < 4.78 is 15.7. The lowest BCUT2D eigenvalue weighted by atomic mass is 9.57. The number of ketones is 1.